The number of nitrogens with zero attached hydrogens (tertiary/aromatic N) is 1. The normalized spacial score (nSPS) is 30.5. The second kappa shape index (κ2) is 12.2. The number of nitrogens with two attached hydrogens (primary N) is 1. The monoisotopic (exact) mass is 632 g/mol. The summed E-state index contributed by atoms with van der Waals surface area (Å²) in [6, 6.07) is 11.4. The molecule has 1 saturated carbocycles. The molecule has 0 amide bonds. The van der Waals surface area contributed by atoms with E-state index in [9.17, 15) is 18.3 Å². The zero-order valence-electron chi connectivity index (χ0n) is 24.5. The van der Waals surface area contributed by atoms with Crippen molar-refractivity contribution in [3.8, 4) is 5.75 Å². The van der Waals surface area contributed by atoms with E-state index >= 15 is 0 Å². The number of sulfonamides is 1. The minimum Gasteiger partial charge on any atom is -0.490 e. The number of carboxylic acid groups (broad SMARTS) is 1. The maximum absolute atomic E-state index is 12.0. The van der Waals surface area contributed by atoms with Crippen LogP contribution in [0.2, 0.25) is 5.02 Å². The lowest BCUT2D eigenvalue weighted by Gasteiger charge is -2.48. The predicted molar refractivity (Wildman–Crippen MR) is 165 cm³/mol. The Labute approximate surface area is 258 Å². The second-order valence-corrected chi connectivity index (χ2v) is 15.1. The summed E-state index contributed by atoms with van der Waals surface area (Å²) in [6.07, 6.45) is 5.76. The van der Waals surface area contributed by atoms with Crippen LogP contribution >= 0.6 is 11.6 Å². The van der Waals surface area contributed by atoms with E-state index in [1.54, 1.807) is 18.2 Å². The van der Waals surface area contributed by atoms with Gasteiger partial charge in [-0.05, 0) is 85.4 Å². The third kappa shape index (κ3) is 6.54. The first-order valence-corrected chi connectivity index (χ1v) is 17.4. The highest BCUT2D eigenvalue weighted by Crippen LogP contribution is 2.47. The minimum atomic E-state index is -3.57. The summed E-state index contributed by atoms with van der Waals surface area (Å²) >= 11 is 6.39. The van der Waals surface area contributed by atoms with Gasteiger partial charge in [-0.2, -0.15) is 0 Å². The Morgan fingerprint density at radius 1 is 1.23 bits per heavy atom. The Hall–Kier alpha value is -2.37. The number of carbonyl (C=O) groups is 1. The summed E-state index contributed by atoms with van der Waals surface area (Å²) in [5.74, 6) is 0.413. The van der Waals surface area contributed by atoms with Crippen molar-refractivity contribution in [2.45, 2.75) is 63.1 Å². The van der Waals surface area contributed by atoms with Crippen molar-refractivity contribution in [1.29, 1.82) is 0 Å². The molecule has 4 aliphatic rings. The zero-order valence-corrected chi connectivity index (χ0v) is 26.1. The lowest BCUT2D eigenvalue weighted by Crippen LogP contribution is -2.51. The Morgan fingerprint density at radius 3 is 2.81 bits per heavy atom. The Morgan fingerprint density at radius 2 is 2.07 bits per heavy atom. The maximum Gasteiger partial charge on any atom is 0.335 e. The SMILES string of the molecule is C[C@H]1CO[C@@H]([C@@H]2CC[C@H]2CN2C[C@@]3(CCCc4cc(Cl)ccc43)COc3ccc(C(=O)O)cc32)C[C@@H]1OCCS(N)(=O)=O. The number of benzene rings is 2. The van der Waals surface area contributed by atoms with Crippen LogP contribution in [0.25, 0.3) is 0 Å². The Kier molecular flexibility index (Phi) is 8.69. The van der Waals surface area contributed by atoms with E-state index in [4.69, 9.17) is 31.0 Å². The number of aryl methyl sites for hydroxylation is 1. The highest BCUT2D eigenvalue weighted by molar-refractivity contribution is 7.89. The van der Waals surface area contributed by atoms with Crippen molar-refractivity contribution in [2.24, 2.45) is 22.9 Å². The van der Waals surface area contributed by atoms with Crippen LogP contribution < -0.4 is 14.8 Å². The molecule has 3 N–H and O–H groups in total. The van der Waals surface area contributed by atoms with Crippen molar-refractivity contribution >= 4 is 33.3 Å². The van der Waals surface area contributed by atoms with Gasteiger partial charge in [0, 0.05) is 35.9 Å². The molecule has 0 bridgehead atoms. The van der Waals surface area contributed by atoms with Crippen molar-refractivity contribution in [3.05, 3.63) is 58.1 Å². The summed E-state index contributed by atoms with van der Waals surface area (Å²) in [5, 5.41) is 15.7. The first kappa shape index (κ1) is 30.6. The lowest BCUT2D eigenvalue weighted by molar-refractivity contribution is -0.139. The van der Waals surface area contributed by atoms with E-state index in [1.807, 2.05) is 6.07 Å². The highest BCUT2D eigenvalue weighted by atomic mass is 35.5. The molecule has 43 heavy (non-hydrogen) atoms. The van der Waals surface area contributed by atoms with Crippen molar-refractivity contribution in [1.82, 2.24) is 0 Å². The molecule has 2 fully saturated rings. The molecule has 2 aromatic rings. The van der Waals surface area contributed by atoms with Crippen molar-refractivity contribution in [3.63, 3.8) is 0 Å². The first-order valence-electron chi connectivity index (χ1n) is 15.3. The Bertz CT molecular complexity index is 1470. The molecule has 1 saturated heterocycles. The third-order valence-electron chi connectivity index (χ3n) is 10.1. The molecule has 2 aliphatic carbocycles. The zero-order chi connectivity index (χ0) is 30.4. The van der Waals surface area contributed by atoms with E-state index in [-0.39, 0.29) is 41.5 Å². The average Bonchev–Trinajstić information content (AvgIpc) is 3.09. The van der Waals surface area contributed by atoms with Gasteiger partial charge in [-0.3, -0.25) is 0 Å². The lowest BCUT2D eigenvalue weighted by atomic mass is 9.67. The molecule has 6 atom stereocenters. The number of hydrogen-bond acceptors (Lipinski definition) is 7. The fourth-order valence-electron chi connectivity index (χ4n) is 7.60. The summed E-state index contributed by atoms with van der Waals surface area (Å²) < 4.78 is 41.6. The molecule has 11 heteroatoms. The largest absolute Gasteiger partial charge is 0.490 e. The van der Waals surface area contributed by atoms with Crippen LogP contribution in [0.15, 0.2) is 36.4 Å². The summed E-state index contributed by atoms with van der Waals surface area (Å²) in [6.45, 7) is 4.73. The molecule has 2 aromatic carbocycles. The molecule has 0 unspecified atom stereocenters. The first-order chi connectivity index (χ1) is 20.5. The average molecular weight is 633 g/mol. The van der Waals surface area contributed by atoms with Gasteiger partial charge >= 0.3 is 5.97 Å². The smallest absolute Gasteiger partial charge is 0.335 e. The summed E-state index contributed by atoms with van der Waals surface area (Å²) in [5.41, 5.74) is 3.37. The number of rotatable bonds is 8. The van der Waals surface area contributed by atoms with E-state index in [2.05, 4.69) is 24.0 Å². The van der Waals surface area contributed by atoms with Crippen molar-refractivity contribution < 1.29 is 32.5 Å². The molecular formula is C32H41ClN2O7S. The van der Waals surface area contributed by atoms with Gasteiger partial charge in [-0.1, -0.05) is 24.6 Å². The molecule has 0 aromatic heterocycles. The van der Waals surface area contributed by atoms with E-state index in [1.165, 1.54) is 11.1 Å². The van der Waals surface area contributed by atoms with Gasteiger partial charge < -0.3 is 24.2 Å². The van der Waals surface area contributed by atoms with Gasteiger partial charge in [0.15, 0.2) is 0 Å². The fraction of sp³-hybridized carbons (Fsp3) is 0.594. The second-order valence-electron chi connectivity index (χ2n) is 13.0. The molecule has 2 aliphatic heterocycles. The summed E-state index contributed by atoms with van der Waals surface area (Å²) in [4.78, 5) is 14.3. The topological polar surface area (TPSA) is 128 Å². The number of anilines is 1. The molecule has 2 heterocycles. The number of ether oxygens (including phenoxy) is 3. The van der Waals surface area contributed by atoms with E-state index in [0.29, 0.717) is 37.2 Å². The standard InChI is InChI=1S/C32H41ClN2O7S/c1-20-17-41-30(15-29(20)40-11-12-43(34,38)39)25-7-4-23(25)16-35-18-32(10-2-3-21-13-24(33)6-8-26(21)32)19-42-28-9-5-22(31(36)37)14-27(28)35/h5-6,8-9,13-14,20,23,25,29-30H,2-4,7,10-12,15-19H2,1H3,(H,36,37)(H2,34,38,39)/t20-,23-,25+,29-,30+,32-/m0/s1. The number of aromatic carboxylic acids is 1. The van der Waals surface area contributed by atoms with Crippen molar-refractivity contribution in [2.75, 3.05) is 43.6 Å². The molecule has 234 valence electrons. The quantitative estimate of drug-likeness (QED) is 0.431. The number of halogens is 1. The number of hydrogen-bond donors (Lipinski definition) is 2. The fourth-order valence-corrected chi connectivity index (χ4v) is 8.12. The number of fused-ring (bicyclic) bond motifs is 3. The molecular weight excluding hydrogens is 592 g/mol. The van der Waals surface area contributed by atoms with Gasteiger partial charge in [0.25, 0.3) is 0 Å². The third-order valence-corrected chi connectivity index (χ3v) is 11.0. The number of primary sulfonamides is 1. The number of carboxylic acids is 1. The Balaban J connectivity index is 1.24. The van der Waals surface area contributed by atoms with Crippen LogP contribution in [0.3, 0.4) is 0 Å². The van der Waals surface area contributed by atoms with E-state index in [0.717, 1.165) is 55.9 Å². The van der Waals surface area contributed by atoms with Crippen LogP contribution in [0.5, 0.6) is 5.75 Å². The minimum absolute atomic E-state index is 0.0222. The molecule has 0 radical (unpaired) electrons. The molecule has 1 spiro atoms. The van der Waals surface area contributed by atoms with Crippen LogP contribution in [0.4, 0.5) is 5.69 Å². The highest BCUT2D eigenvalue weighted by Gasteiger charge is 2.46. The predicted octanol–water partition coefficient (Wildman–Crippen LogP) is 4.64. The maximum atomic E-state index is 12.0. The van der Waals surface area contributed by atoms with Gasteiger partial charge in [0.1, 0.15) is 5.75 Å². The van der Waals surface area contributed by atoms with Crippen LogP contribution in [0.1, 0.15) is 60.5 Å². The van der Waals surface area contributed by atoms with Gasteiger partial charge in [0.2, 0.25) is 10.0 Å². The van der Waals surface area contributed by atoms with Gasteiger partial charge in [-0.15, -0.1) is 0 Å². The van der Waals surface area contributed by atoms with Gasteiger partial charge in [-0.25, -0.2) is 18.4 Å². The van der Waals surface area contributed by atoms with Crippen LogP contribution in [-0.4, -0.2) is 70.4 Å². The summed E-state index contributed by atoms with van der Waals surface area (Å²) in [7, 11) is -3.57. The van der Waals surface area contributed by atoms with E-state index < -0.39 is 16.0 Å². The molecule has 6 rings (SSSR count). The molecule has 9 nitrogen and oxygen atoms in total. The van der Waals surface area contributed by atoms with Gasteiger partial charge in [0.05, 0.1) is 49.0 Å². The van der Waals surface area contributed by atoms with Crippen LogP contribution in [0, 0.1) is 17.8 Å². The van der Waals surface area contributed by atoms with Crippen LogP contribution in [-0.2, 0) is 31.3 Å².